The molecular formula is C16H14N2O2. The molecule has 1 aliphatic rings. The molecule has 4 nitrogen and oxygen atoms in total. The summed E-state index contributed by atoms with van der Waals surface area (Å²) < 4.78 is 5.09. The highest BCUT2D eigenvalue weighted by Crippen LogP contribution is 2.26. The third kappa shape index (κ3) is 2.13. The van der Waals surface area contributed by atoms with Gasteiger partial charge in [0.05, 0.1) is 24.0 Å². The standard InChI is InChI=1S/C16H14N2O2/c1-19-10-12-8-16(18-20-12)15-7-6-11(9-17)13-4-2-3-5-14(13)15/h2-7,12H,8,10H2,1H3. The molecule has 1 heterocycles. The molecule has 0 aromatic heterocycles. The molecule has 0 saturated carbocycles. The first-order valence-electron chi connectivity index (χ1n) is 6.47. The molecule has 2 aromatic carbocycles. The molecule has 0 radical (unpaired) electrons. The van der Waals surface area contributed by atoms with Gasteiger partial charge < -0.3 is 9.57 Å². The van der Waals surface area contributed by atoms with Crippen LogP contribution in [-0.4, -0.2) is 25.5 Å². The Morgan fingerprint density at radius 1 is 1.30 bits per heavy atom. The summed E-state index contributed by atoms with van der Waals surface area (Å²) in [6.07, 6.45) is 0.702. The van der Waals surface area contributed by atoms with Gasteiger partial charge in [-0.15, -0.1) is 0 Å². The monoisotopic (exact) mass is 266 g/mol. The quantitative estimate of drug-likeness (QED) is 0.858. The van der Waals surface area contributed by atoms with Gasteiger partial charge in [0.1, 0.15) is 0 Å². The van der Waals surface area contributed by atoms with Crippen LogP contribution in [0.2, 0.25) is 0 Å². The van der Waals surface area contributed by atoms with E-state index in [2.05, 4.69) is 11.2 Å². The molecule has 0 saturated heterocycles. The summed E-state index contributed by atoms with van der Waals surface area (Å²) in [4.78, 5) is 5.36. The summed E-state index contributed by atoms with van der Waals surface area (Å²) >= 11 is 0. The Morgan fingerprint density at radius 3 is 2.85 bits per heavy atom. The topological polar surface area (TPSA) is 54.6 Å². The molecule has 1 atom stereocenters. The fraction of sp³-hybridized carbons (Fsp3) is 0.250. The van der Waals surface area contributed by atoms with E-state index in [9.17, 15) is 5.26 Å². The summed E-state index contributed by atoms with van der Waals surface area (Å²) in [6.45, 7) is 0.529. The third-order valence-electron chi connectivity index (χ3n) is 3.44. The van der Waals surface area contributed by atoms with Gasteiger partial charge >= 0.3 is 0 Å². The number of ether oxygens (including phenoxy) is 1. The number of nitriles is 1. The maximum absolute atomic E-state index is 9.18. The third-order valence-corrected chi connectivity index (χ3v) is 3.44. The average Bonchev–Trinajstić information content (AvgIpc) is 2.95. The zero-order valence-corrected chi connectivity index (χ0v) is 11.2. The van der Waals surface area contributed by atoms with Gasteiger partial charge in [-0.05, 0) is 11.5 Å². The van der Waals surface area contributed by atoms with Gasteiger partial charge in [0, 0.05) is 24.5 Å². The van der Waals surface area contributed by atoms with Crippen molar-refractivity contribution in [3.05, 3.63) is 47.5 Å². The average molecular weight is 266 g/mol. The van der Waals surface area contributed by atoms with Gasteiger partial charge in [0.2, 0.25) is 0 Å². The Hall–Kier alpha value is -2.38. The van der Waals surface area contributed by atoms with Crippen molar-refractivity contribution in [3.8, 4) is 6.07 Å². The molecule has 100 valence electrons. The number of hydrogen-bond acceptors (Lipinski definition) is 4. The highest BCUT2D eigenvalue weighted by molar-refractivity contribution is 6.12. The van der Waals surface area contributed by atoms with Crippen molar-refractivity contribution in [1.29, 1.82) is 5.26 Å². The number of nitrogens with zero attached hydrogens (tertiary/aromatic N) is 2. The second kappa shape index (κ2) is 5.32. The fourth-order valence-corrected chi connectivity index (χ4v) is 2.51. The van der Waals surface area contributed by atoms with Gasteiger partial charge in [0.15, 0.2) is 6.10 Å². The van der Waals surface area contributed by atoms with Crippen molar-refractivity contribution in [1.82, 2.24) is 0 Å². The largest absolute Gasteiger partial charge is 0.389 e. The van der Waals surface area contributed by atoms with Crippen LogP contribution >= 0.6 is 0 Å². The summed E-state index contributed by atoms with van der Waals surface area (Å²) in [5.74, 6) is 0. The Balaban J connectivity index is 2.04. The first-order valence-corrected chi connectivity index (χ1v) is 6.47. The summed E-state index contributed by atoms with van der Waals surface area (Å²) in [6, 6.07) is 13.9. The smallest absolute Gasteiger partial charge is 0.156 e. The van der Waals surface area contributed by atoms with Crippen LogP contribution in [0.15, 0.2) is 41.6 Å². The van der Waals surface area contributed by atoms with Crippen LogP contribution in [0.1, 0.15) is 17.5 Å². The fourth-order valence-electron chi connectivity index (χ4n) is 2.51. The maximum Gasteiger partial charge on any atom is 0.156 e. The summed E-state index contributed by atoms with van der Waals surface area (Å²) in [5, 5.41) is 15.3. The van der Waals surface area contributed by atoms with E-state index in [0.717, 1.165) is 28.5 Å². The van der Waals surface area contributed by atoms with E-state index in [0.29, 0.717) is 12.2 Å². The van der Waals surface area contributed by atoms with E-state index in [1.54, 1.807) is 7.11 Å². The number of hydrogen-bond donors (Lipinski definition) is 0. The Morgan fingerprint density at radius 2 is 2.10 bits per heavy atom. The molecule has 0 aliphatic carbocycles. The zero-order chi connectivity index (χ0) is 13.9. The van der Waals surface area contributed by atoms with Gasteiger partial charge in [-0.3, -0.25) is 0 Å². The van der Waals surface area contributed by atoms with Crippen molar-refractivity contribution in [3.63, 3.8) is 0 Å². The highest BCUT2D eigenvalue weighted by atomic mass is 16.7. The molecule has 4 heteroatoms. The van der Waals surface area contributed by atoms with Gasteiger partial charge in [-0.1, -0.05) is 35.5 Å². The van der Waals surface area contributed by atoms with Gasteiger partial charge in [0.25, 0.3) is 0 Å². The van der Waals surface area contributed by atoms with Crippen LogP contribution in [0.5, 0.6) is 0 Å². The van der Waals surface area contributed by atoms with E-state index in [-0.39, 0.29) is 6.10 Å². The van der Waals surface area contributed by atoms with E-state index in [1.165, 1.54) is 0 Å². The molecule has 3 rings (SSSR count). The normalized spacial score (nSPS) is 17.6. The maximum atomic E-state index is 9.18. The summed E-state index contributed by atoms with van der Waals surface area (Å²) in [7, 11) is 1.65. The first-order chi connectivity index (χ1) is 9.83. The minimum atomic E-state index is -0.0237. The first kappa shape index (κ1) is 12.6. The van der Waals surface area contributed by atoms with Crippen LogP contribution in [0.25, 0.3) is 10.8 Å². The highest BCUT2D eigenvalue weighted by Gasteiger charge is 2.23. The van der Waals surface area contributed by atoms with Crippen molar-refractivity contribution in [2.75, 3.05) is 13.7 Å². The lowest BCUT2D eigenvalue weighted by Gasteiger charge is -2.07. The molecule has 2 aromatic rings. The lowest BCUT2D eigenvalue weighted by atomic mass is 9.95. The number of benzene rings is 2. The number of rotatable bonds is 3. The van der Waals surface area contributed by atoms with E-state index in [1.807, 2.05) is 36.4 Å². The second-order valence-electron chi connectivity index (χ2n) is 4.74. The van der Waals surface area contributed by atoms with Crippen LogP contribution in [0.4, 0.5) is 0 Å². The second-order valence-corrected chi connectivity index (χ2v) is 4.74. The molecule has 0 fully saturated rings. The zero-order valence-electron chi connectivity index (χ0n) is 11.2. The summed E-state index contributed by atoms with van der Waals surface area (Å²) in [5.41, 5.74) is 2.61. The molecule has 0 N–H and O–H groups in total. The predicted molar refractivity (Wildman–Crippen MR) is 76.6 cm³/mol. The molecule has 1 aliphatic heterocycles. The Bertz CT molecular complexity index is 716. The lowest BCUT2D eigenvalue weighted by molar-refractivity contribution is 0.0208. The number of oxime groups is 1. The molecule has 1 unspecified atom stereocenters. The number of methoxy groups -OCH3 is 1. The van der Waals surface area contributed by atoms with Crippen LogP contribution in [-0.2, 0) is 9.57 Å². The lowest BCUT2D eigenvalue weighted by Crippen LogP contribution is -2.14. The molecule has 0 spiro atoms. The SMILES string of the molecule is COCC1CC(c2ccc(C#N)c3ccccc23)=NO1. The van der Waals surface area contributed by atoms with Gasteiger partial charge in [-0.25, -0.2) is 0 Å². The van der Waals surface area contributed by atoms with Crippen molar-refractivity contribution in [2.24, 2.45) is 5.16 Å². The van der Waals surface area contributed by atoms with E-state index < -0.39 is 0 Å². The Kier molecular flexibility index (Phi) is 3.36. The van der Waals surface area contributed by atoms with Crippen molar-refractivity contribution in [2.45, 2.75) is 12.5 Å². The van der Waals surface area contributed by atoms with Crippen molar-refractivity contribution >= 4 is 16.5 Å². The van der Waals surface area contributed by atoms with Gasteiger partial charge in [-0.2, -0.15) is 5.26 Å². The molecule has 0 amide bonds. The number of fused-ring (bicyclic) bond motifs is 1. The van der Waals surface area contributed by atoms with Crippen LogP contribution in [0, 0.1) is 11.3 Å². The molecule has 0 bridgehead atoms. The molecule has 20 heavy (non-hydrogen) atoms. The minimum Gasteiger partial charge on any atom is -0.389 e. The molecular weight excluding hydrogens is 252 g/mol. The predicted octanol–water partition coefficient (Wildman–Crippen LogP) is 2.85. The Labute approximate surface area is 117 Å². The van der Waals surface area contributed by atoms with Crippen molar-refractivity contribution < 1.29 is 9.57 Å². The van der Waals surface area contributed by atoms with E-state index >= 15 is 0 Å². The van der Waals surface area contributed by atoms with E-state index in [4.69, 9.17) is 9.57 Å². The van der Waals surface area contributed by atoms with Crippen LogP contribution in [0.3, 0.4) is 0 Å². The van der Waals surface area contributed by atoms with Crippen LogP contribution < -0.4 is 0 Å². The minimum absolute atomic E-state index is 0.0237.